The Morgan fingerprint density at radius 1 is 1.24 bits per heavy atom. The van der Waals surface area contributed by atoms with Crippen molar-refractivity contribution in [2.75, 3.05) is 24.7 Å². The number of aromatic nitrogens is 3. The van der Waals surface area contributed by atoms with Crippen molar-refractivity contribution in [2.24, 2.45) is 0 Å². The van der Waals surface area contributed by atoms with Gasteiger partial charge >= 0.3 is 6.18 Å². The first kappa shape index (κ1) is 25.2. The molecule has 1 aliphatic heterocycles. The van der Waals surface area contributed by atoms with Crippen LogP contribution in [0.4, 0.5) is 23.5 Å². The van der Waals surface area contributed by atoms with Crippen LogP contribution in [0.3, 0.4) is 0 Å². The maximum Gasteiger partial charge on any atom is 0.434 e. The van der Waals surface area contributed by atoms with E-state index in [9.17, 15) is 31.1 Å². The fraction of sp³-hybridized carbons (Fsp3) is 0.650. The van der Waals surface area contributed by atoms with Crippen LogP contribution in [0.1, 0.15) is 55.6 Å². The van der Waals surface area contributed by atoms with E-state index in [1.165, 1.54) is 4.31 Å². The molecule has 2 aromatic heterocycles. The van der Waals surface area contributed by atoms with E-state index < -0.39 is 43.9 Å². The second kappa shape index (κ2) is 8.95. The molecule has 3 heterocycles. The van der Waals surface area contributed by atoms with Crippen LogP contribution in [0, 0.1) is 5.82 Å². The normalized spacial score (nSPS) is 25.1. The molecule has 188 valence electrons. The van der Waals surface area contributed by atoms with Gasteiger partial charge in [-0.3, -0.25) is 0 Å². The minimum Gasteiger partial charge on any atom is -0.390 e. The lowest BCUT2D eigenvalue weighted by atomic mass is 10.0. The van der Waals surface area contributed by atoms with Crippen LogP contribution < -0.4 is 5.32 Å². The highest BCUT2D eigenvalue weighted by Crippen LogP contribution is 2.47. The summed E-state index contributed by atoms with van der Waals surface area (Å²) in [7, 11) is -3.30. The van der Waals surface area contributed by atoms with Gasteiger partial charge in [0.25, 0.3) is 0 Å². The predicted octanol–water partition coefficient (Wildman–Crippen LogP) is 3.61. The number of anilines is 1. The Labute approximate surface area is 198 Å². The van der Waals surface area contributed by atoms with Gasteiger partial charge in [-0.05, 0) is 39.0 Å². The third-order valence-corrected chi connectivity index (χ3v) is 8.72. The smallest absolute Gasteiger partial charge is 0.390 e. The van der Waals surface area contributed by atoms with Gasteiger partial charge in [-0.15, -0.1) is 11.3 Å². The second-order valence-electron chi connectivity index (χ2n) is 9.14. The topological polar surface area (TPSA) is 108 Å². The summed E-state index contributed by atoms with van der Waals surface area (Å²) in [6, 6.07) is -0.212. The molecule has 0 radical (unpaired) electrons. The van der Waals surface area contributed by atoms with Crippen LogP contribution in [0.5, 0.6) is 0 Å². The fourth-order valence-corrected chi connectivity index (χ4v) is 6.49. The Bertz CT molecular complexity index is 1160. The molecule has 1 saturated carbocycles. The van der Waals surface area contributed by atoms with E-state index in [0.717, 1.165) is 23.8 Å². The van der Waals surface area contributed by atoms with Gasteiger partial charge in [-0.1, -0.05) is 0 Å². The molecule has 0 aromatic carbocycles. The van der Waals surface area contributed by atoms with E-state index in [0.29, 0.717) is 25.7 Å². The summed E-state index contributed by atoms with van der Waals surface area (Å²) in [6.07, 6.45) is -0.755. The number of thiazole rings is 1. The van der Waals surface area contributed by atoms with E-state index in [2.05, 4.69) is 20.3 Å². The minimum atomic E-state index is -4.81. The Morgan fingerprint density at radius 2 is 1.91 bits per heavy atom. The highest BCUT2D eigenvalue weighted by molar-refractivity contribution is 7.88. The van der Waals surface area contributed by atoms with Crippen LogP contribution in [0.15, 0.2) is 6.20 Å². The lowest BCUT2D eigenvalue weighted by Crippen LogP contribution is -2.42. The summed E-state index contributed by atoms with van der Waals surface area (Å²) in [4.78, 5) is 11.3. The maximum absolute atomic E-state index is 14.6. The van der Waals surface area contributed by atoms with Crippen LogP contribution in [-0.2, 0) is 16.2 Å². The number of rotatable bonds is 5. The zero-order valence-electron chi connectivity index (χ0n) is 18.6. The molecule has 0 amide bonds. The summed E-state index contributed by atoms with van der Waals surface area (Å²) in [5.74, 6) is -1.39. The molecule has 34 heavy (non-hydrogen) atoms. The lowest BCUT2D eigenvalue weighted by molar-refractivity contribution is -0.140. The summed E-state index contributed by atoms with van der Waals surface area (Å²) < 4.78 is 80.7. The number of halogens is 4. The Hall–Kier alpha value is -1.90. The van der Waals surface area contributed by atoms with Crippen molar-refractivity contribution >= 4 is 27.3 Å². The van der Waals surface area contributed by atoms with Crippen molar-refractivity contribution in [1.29, 1.82) is 0 Å². The average Bonchev–Trinajstić information content (AvgIpc) is 3.32. The van der Waals surface area contributed by atoms with Crippen molar-refractivity contribution in [3.63, 3.8) is 0 Å². The first-order valence-corrected chi connectivity index (χ1v) is 13.4. The first-order chi connectivity index (χ1) is 15.7. The largest absolute Gasteiger partial charge is 0.434 e. The van der Waals surface area contributed by atoms with Gasteiger partial charge in [-0.25, -0.2) is 32.1 Å². The fourth-order valence-electron chi connectivity index (χ4n) is 4.41. The van der Waals surface area contributed by atoms with Gasteiger partial charge in [0, 0.05) is 25.0 Å². The van der Waals surface area contributed by atoms with Gasteiger partial charge in [-0.2, -0.15) is 13.2 Å². The number of sulfonamides is 1. The number of nitrogens with one attached hydrogen (secondary N) is 1. The van der Waals surface area contributed by atoms with Crippen LogP contribution in [0.25, 0.3) is 10.6 Å². The zero-order chi connectivity index (χ0) is 24.9. The second-order valence-corrected chi connectivity index (χ2v) is 12.1. The van der Waals surface area contributed by atoms with Crippen molar-refractivity contribution < 1.29 is 31.1 Å². The quantitative estimate of drug-likeness (QED) is 0.577. The molecule has 0 bridgehead atoms. The van der Waals surface area contributed by atoms with Gasteiger partial charge < -0.3 is 10.4 Å². The van der Waals surface area contributed by atoms with Gasteiger partial charge in [0.1, 0.15) is 5.69 Å². The zero-order valence-corrected chi connectivity index (χ0v) is 20.2. The predicted molar refractivity (Wildman–Crippen MR) is 118 cm³/mol. The molecule has 4 rings (SSSR count). The number of alkyl halides is 3. The minimum absolute atomic E-state index is 0.0407. The molecule has 2 aromatic rings. The van der Waals surface area contributed by atoms with Crippen LogP contribution >= 0.6 is 11.3 Å². The molecule has 0 spiro atoms. The molecular weight excluding hydrogens is 498 g/mol. The monoisotopic (exact) mass is 523 g/mol. The number of piperidine rings is 1. The Morgan fingerprint density at radius 3 is 2.47 bits per heavy atom. The number of hydrogen-bond acceptors (Lipinski definition) is 8. The molecule has 14 heteroatoms. The van der Waals surface area contributed by atoms with E-state index in [1.54, 1.807) is 6.92 Å². The van der Waals surface area contributed by atoms with E-state index in [-0.39, 0.29) is 42.4 Å². The Balaban J connectivity index is 1.60. The molecule has 2 atom stereocenters. The summed E-state index contributed by atoms with van der Waals surface area (Å²) in [6.45, 7) is 2.20. The van der Waals surface area contributed by atoms with Crippen LogP contribution in [-0.4, -0.2) is 63.8 Å². The summed E-state index contributed by atoms with van der Waals surface area (Å²) >= 11 is 0.736. The van der Waals surface area contributed by atoms with Gasteiger partial charge in [0.05, 0.1) is 27.9 Å². The molecule has 2 fully saturated rings. The average molecular weight is 524 g/mol. The molecule has 8 nitrogen and oxygen atoms in total. The summed E-state index contributed by atoms with van der Waals surface area (Å²) in [5, 5.41) is 13.4. The van der Waals surface area contributed by atoms with Crippen molar-refractivity contribution in [3.05, 3.63) is 22.7 Å². The van der Waals surface area contributed by atoms with Crippen molar-refractivity contribution in [3.8, 4) is 10.6 Å². The lowest BCUT2D eigenvalue weighted by Gasteiger charge is -2.30. The molecular formula is C20H25F4N5O3S2. The SMILES string of the molecule is C[C@@]1(O)CC[C@H](c2nc(C(F)(F)F)c(-c3nc(NC4CCN(S(C)(=O)=O)CC4)ncc3F)s2)C1. The van der Waals surface area contributed by atoms with E-state index in [1.807, 2.05) is 0 Å². The van der Waals surface area contributed by atoms with Gasteiger partial charge in [0.2, 0.25) is 16.0 Å². The number of nitrogens with zero attached hydrogens (tertiary/aromatic N) is 4. The van der Waals surface area contributed by atoms with Crippen molar-refractivity contribution in [1.82, 2.24) is 19.3 Å². The third-order valence-electron chi connectivity index (χ3n) is 6.19. The summed E-state index contributed by atoms with van der Waals surface area (Å²) in [5.41, 5.74) is -2.67. The Kier molecular flexibility index (Phi) is 6.64. The third kappa shape index (κ3) is 5.50. The number of aliphatic hydroxyl groups is 1. The molecule has 0 unspecified atom stereocenters. The van der Waals surface area contributed by atoms with E-state index in [4.69, 9.17) is 0 Å². The molecule has 2 N–H and O–H groups in total. The number of hydrogen-bond donors (Lipinski definition) is 2. The first-order valence-electron chi connectivity index (χ1n) is 10.8. The van der Waals surface area contributed by atoms with Crippen molar-refractivity contribution in [2.45, 2.75) is 62.8 Å². The highest BCUT2D eigenvalue weighted by Gasteiger charge is 2.42. The standard InChI is InChI=1S/C20H25F4N5O3S2/c1-19(30)6-3-11(9-19)17-28-16(20(22,23)24)15(33-17)14-13(21)10-25-18(27-14)26-12-4-7-29(8-5-12)34(2,31)32/h10-12,30H,3-9H2,1-2H3,(H,25,26,27)/t11-,19+/m0/s1. The highest BCUT2D eigenvalue weighted by atomic mass is 32.2. The molecule has 1 aliphatic carbocycles. The van der Waals surface area contributed by atoms with E-state index >= 15 is 0 Å². The maximum atomic E-state index is 14.6. The van der Waals surface area contributed by atoms with Gasteiger partial charge in [0.15, 0.2) is 11.5 Å². The van der Waals surface area contributed by atoms with Crippen LogP contribution in [0.2, 0.25) is 0 Å². The molecule has 1 saturated heterocycles. The molecule has 2 aliphatic rings.